The van der Waals surface area contributed by atoms with Crippen molar-refractivity contribution >= 4 is 17.6 Å². The second kappa shape index (κ2) is 9.38. The van der Waals surface area contributed by atoms with Gasteiger partial charge in [0.1, 0.15) is 5.82 Å². The van der Waals surface area contributed by atoms with Crippen molar-refractivity contribution in [2.45, 2.75) is 44.9 Å². The lowest BCUT2D eigenvalue weighted by Crippen LogP contribution is -2.04. The number of terminal acetylenes is 1. The fourth-order valence-electron chi connectivity index (χ4n) is 3.12. The Labute approximate surface area is 165 Å². The molecule has 1 fully saturated rings. The highest BCUT2D eigenvalue weighted by molar-refractivity contribution is 5.55. The minimum Gasteiger partial charge on any atom is -0.323 e. The van der Waals surface area contributed by atoms with Gasteiger partial charge in [0.25, 0.3) is 0 Å². The van der Waals surface area contributed by atoms with Crippen molar-refractivity contribution in [1.29, 1.82) is 5.26 Å². The number of aromatic amines is 1. The van der Waals surface area contributed by atoms with E-state index in [-0.39, 0.29) is 0 Å². The van der Waals surface area contributed by atoms with Crippen LogP contribution >= 0.6 is 0 Å². The number of nitrogens with zero attached hydrogens (tertiary/aromatic N) is 4. The van der Waals surface area contributed by atoms with Gasteiger partial charge in [-0.1, -0.05) is 30.4 Å². The van der Waals surface area contributed by atoms with Gasteiger partial charge in [0.2, 0.25) is 5.95 Å². The summed E-state index contributed by atoms with van der Waals surface area (Å²) in [5.74, 6) is 4.86. The Kier molecular flexibility index (Phi) is 6.43. The smallest absolute Gasteiger partial charge is 0.229 e. The van der Waals surface area contributed by atoms with Crippen molar-refractivity contribution in [2.75, 3.05) is 10.6 Å². The summed E-state index contributed by atoms with van der Waals surface area (Å²) in [5.41, 5.74) is 2.60. The van der Waals surface area contributed by atoms with Crippen molar-refractivity contribution in [2.24, 2.45) is 0 Å². The van der Waals surface area contributed by atoms with E-state index >= 15 is 0 Å². The minimum atomic E-state index is 0.358. The minimum absolute atomic E-state index is 0.358. The van der Waals surface area contributed by atoms with Crippen LogP contribution in [0.15, 0.2) is 41.8 Å². The number of nitrogens with one attached hydrogen (secondary N) is 3. The maximum atomic E-state index is 8.71. The standard InChI is InChI=1S/C21H23N7/c1-3-17(9-8-15(2)10-12-22)24-21-23-13-11-19(26-21)25-20-14-18(27-28-20)16-6-4-5-7-16/h1,8-9,11,13-14,16H,4-7,10H2,2H3,(H3,23,24,25,26,27,28)/b15-8+,17-9+. The van der Waals surface area contributed by atoms with Gasteiger partial charge in [0, 0.05) is 23.9 Å². The van der Waals surface area contributed by atoms with Crippen LogP contribution in [0.2, 0.25) is 0 Å². The Hall–Kier alpha value is -3.58. The average molecular weight is 373 g/mol. The van der Waals surface area contributed by atoms with E-state index in [1.165, 1.54) is 31.4 Å². The zero-order valence-electron chi connectivity index (χ0n) is 15.9. The predicted molar refractivity (Wildman–Crippen MR) is 110 cm³/mol. The topological polar surface area (TPSA) is 102 Å². The molecule has 0 unspecified atom stereocenters. The first kappa shape index (κ1) is 19.2. The fourth-order valence-corrected chi connectivity index (χ4v) is 3.12. The lowest BCUT2D eigenvalue weighted by Gasteiger charge is -2.06. The van der Waals surface area contributed by atoms with Gasteiger partial charge in [-0.2, -0.15) is 15.3 Å². The number of H-pyrrole nitrogens is 1. The summed E-state index contributed by atoms with van der Waals surface area (Å²) >= 11 is 0. The quantitative estimate of drug-likeness (QED) is 0.491. The number of hydrogen-bond acceptors (Lipinski definition) is 6. The highest BCUT2D eigenvalue weighted by Crippen LogP contribution is 2.33. The van der Waals surface area contributed by atoms with Crippen LogP contribution in [0.4, 0.5) is 17.6 Å². The molecular weight excluding hydrogens is 350 g/mol. The zero-order chi connectivity index (χ0) is 19.8. The van der Waals surface area contributed by atoms with Crippen molar-refractivity contribution in [1.82, 2.24) is 20.2 Å². The van der Waals surface area contributed by atoms with Gasteiger partial charge >= 0.3 is 0 Å². The van der Waals surface area contributed by atoms with Crippen molar-refractivity contribution < 1.29 is 0 Å². The molecule has 2 aromatic heterocycles. The van der Waals surface area contributed by atoms with E-state index in [0.29, 0.717) is 29.8 Å². The van der Waals surface area contributed by atoms with E-state index < -0.39 is 0 Å². The lowest BCUT2D eigenvalue weighted by molar-refractivity contribution is 0.693. The molecule has 0 radical (unpaired) electrons. The molecule has 2 aromatic rings. The van der Waals surface area contributed by atoms with Crippen LogP contribution in [0.25, 0.3) is 0 Å². The third kappa shape index (κ3) is 5.21. The Balaban J connectivity index is 1.67. The van der Waals surface area contributed by atoms with Crippen LogP contribution < -0.4 is 10.6 Å². The van der Waals surface area contributed by atoms with Gasteiger partial charge in [-0.15, -0.1) is 6.42 Å². The fraction of sp³-hybridized carbons (Fsp3) is 0.333. The SMILES string of the molecule is C#C/C(=C\C=C(/C)CC#N)Nc1nccc(Nc2cc(C3CCCC3)[nH]n2)n1. The van der Waals surface area contributed by atoms with Crippen LogP contribution in [-0.2, 0) is 0 Å². The van der Waals surface area contributed by atoms with Gasteiger partial charge in [0.05, 0.1) is 18.2 Å². The monoisotopic (exact) mass is 373 g/mol. The Bertz CT molecular complexity index is 950. The molecule has 3 rings (SSSR count). The molecule has 0 spiro atoms. The van der Waals surface area contributed by atoms with E-state index in [1.807, 2.05) is 19.1 Å². The first-order valence-corrected chi connectivity index (χ1v) is 9.31. The molecule has 0 aromatic carbocycles. The molecule has 7 heteroatoms. The van der Waals surface area contributed by atoms with Crippen LogP contribution in [0.3, 0.4) is 0 Å². The van der Waals surface area contributed by atoms with Gasteiger partial charge < -0.3 is 10.6 Å². The molecule has 0 bridgehead atoms. The molecule has 2 heterocycles. The van der Waals surface area contributed by atoms with Gasteiger partial charge in [-0.05, 0) is 31.9 Å². The Morgan fingerprint density at radius 1 is 1.36 bits per heavy atom. The third-order valence-corrected chi connectivity index (χ3v) is 4.60. The van der Waals surface area contributed by atoms with E-state index in [1.54, 1.807) is 18.3 Å². The highest BCUT2D eigenvalue weighted by Gasteiger charge is 2.19. The number of allylic oxidation sites excluding steroid dienone is 4. The summed E-state index contributed by atoms with van der Waals surface area (Å²) in [4.78, 5) is 8.63. The molecule has 1 aliphatic carbocycles. The molecule has 1 aliphatic rings. The lowest BCUT2D eigenvalue weighted by atomic mass is 10.0. The van der Waals surface area contributed by atoms with E-state index in [9.17, 15) is 0 Å². The number of anilines is 3. The average Bonchev–Trinajstić information content (AvgIpc) is 3.37. The second-order valence-electron chi connectivity index (χ2n) is 6.78. The van der Waals surface area contributed by atoms with Gasteiger partial charge in [0.15, 0.2) is 5.82 Å². The summed E-state index contributed by atoms with van der Waals surface area (Å²) in [6.45, 7) is 1.87. The van der Waals surface area contributed by atoms with E-state index in [0.717, 1.165) is 11.4 Å². The first-order valence-electron chi connectivity index (χ1n) is 9.31. The van der Waals surface area contributed by atoms with Crippen LogP contribution in [0.5, 0.6) is 0 Å². The second-order valence-corrected chi connectivity index (χ2v) is 6.78. The molecule has 1 saturated carbocycles. The number of nitriles is 1. The van der Waals surface area contributed by atoms with Crippen LogP contribution in [-0.4, -0.2) is 20.2 Å². The van der Waals surface area contributed by atoms with Crippen LogP contribution in [0.1, 0.15) is 50.6 Å². The molecule has 0 saturated heterocycles. The molecule has 0 atom stereocenters. The van der Waals surface area contributed by atoms with Crippen molar-refractivity contribution in [3.8, 4) is 18.4 Å². The molecule has 28 heavy (non-hydrogen) atoms. The van der Waals surface area contributed by atoms with Gasteiger partial charge in [-0.25, -0.2) is 4.98 Å². The Morgan fingerprint density at radius 2 is 2.18 bits per heavy atom. The summed E-state index contributed by atoms with van der Waals surface area (Å²) in [5, 5.41) is 22.4. The summed E-state index contributed by atoms with van der Waals surface area (Å²) in [6, 6.07) is 5.91. The van der Waals surface area contributed by atoms with E-state index in [2.05, 4.69) is 42.8 Å². The van der Waals surface area contributed by atoms with Crippen LogP contribution in [0, 0.1) is 23.7 Å². The normalized spacial score (nSPS) is 15.1. The first-order chi connectivity index (χ1) is 13.7. The maximum absolute atomic E-state index is 8.71. The molecular formula is C21H23N7. The largest absolute Gasteiger partial charge is 0.323 e. The molecule has 0 aliphatic heterocycles. The summed E-state index contributed by atoms with van der Waals surface area (Å²) < 4.78 is 0. The van der Waals surface area contributed by atoms with E-state index in [4.69, 9.17) is 11.7 Å². The Morgan fingerprint density at radius 3 is 2.93 bits per heavy atom. The molecule has 7 nitrogen and oxygen atoms in total. The third-order valence-electron chi connectivity index (χ3n) is 4.60. The van der Waals surface area contributed by atoms with Crippen molar-refractivity contribution in [3.05, 3.63) is 47.4 Å². The summed E-state index contributed by atoms with van der Waals surface area (Å²) in [7, 11) is 0. The molecule has 0 amide bonds. The molecule has 142 valence electrons. The summed E-state index contributed by atoms with van der Waals surface area (Å²) in [6.07, 6.45) is 16.1. The highest BCUT2D eigenvalue weighted by atomic mass is 15.2. The van der Waals surface area contributed by atoms with Gasteiger partial charge in [-0.3, -0.25) is 5.10 Å². The van der Waals surface area contributed by atoms with Crippen molar-refractivity contribution in [3.63, 3.8) is 0 Å². The maximum Gasteiger partial charge on any atom is 0.229 e. The number of rotatable bonds is 7. The predicted octanol–water partition coefficient (Wildman–Crippen LogP) is 4.39. The zero-order valence-corrected chi connectivity index (χ0v) is 15.9. The number of aromatic nitrogens is 4. The molecule has 3 N–H and O–H groups in total. The number of hydrogen-bond donors (Lipinski definition) is 3.